The van der Waals surface area contributed by atoms with Crippen molar-refractivity contribution in [2.45, 2.75) is 37.3 Å². The molecule has 1 saturated heterocycles. The number of nitrogens with zero attached hydrogens (tertiary/aromatic N) is 2. The summed E-state index contributed by atoms with van der Waals surface area (Å²) in [5.41, 5.74) is 3.64. The van der Waals surface area contributed by atoms with E-state index in [2.05, 4.69) is 28.2 Å². The maximum Gasteiger partial charge on any atom is 0.225 e. The Balaban J connectivity index is 1.56. The number of carbonyl (C=O) groups excluding carboxylic acids is 1. The number of H-pyrrole nitrogens is 1. The number of fused-ring (bicyclic) bond motifs is 6. The summed E-state index contributed by atoms with van der Waals surface area (Å²) < 4.78 is 6.26. The first-order valence-electron chi connectivity index (χ1n) is 9.82. The van der Waals surface area contributed by atoms with E-state index < -0.39 is 0 Å². The molecule has 1 amide bonds. The Hall–Kier alpha value is -2.86. The molecule has 2 bridgehead atoms. The molecule has 2 aromatic heterocycles. The molecule has 0 radical (unpaired) electrons. The fraction of sp³-hybridized carbons (Fsp3) is 0.364. The van der Waals surface area contributed by atoms with Gasteiger partial charge in [-0.1, -0.05) is 24.3 Å². The molecule has 6 nitrogen and oxygen atoms in total. The molecule has 144 valence electrons. The second-order valence-corrected chi connectivity index (χ2v) is 7.61. The Kier molecular flexibility index (Phi) is 4.28. The van der Waals surface area contributed by atoms with Crippen molar-refractivity contribution >= 4 is 16.8 Å². The zero-order valence-corrected chi connectivity index (χ0v) is 15.5. The highest BCUT2D eigenvalue weighted by Crippen LogP contribution is 2.43. The highest BCUT2D eigenvalue weighted by molar-refractivity contribution is 5.85. The van der Waals surface area contributed by atoms with Gasteiger partial charge in [0.05, 0.1) is 13.2 Å². The van der Waals surface area contributed by atoms with Crippen molar-refractivity contribution in [3.05, 3.63) is 59.9 Å². The summed E-state index contributed by atoms with van der Waals surface area (Å²) >= 11 is 0. The summed E-state index contributed by atoms with van der Waals surface area (Å²) in [7, 11) is 0. The molecule has 3 heterocycles. The number of amides is 1. The van der Waals surface area contributed by atoms with Gasteiger partial charge in [-0.25, -0.2) is 4.98 Å². The zero-order valence-electron chi connectivity index (χ0n) is 15.5. The van der Waals surface area contributed by atoms with Crippen LogP contribution in [0.5, 0.6) is 5.88 Å². The van der Waals surface area contributed by atoms with Crippen molar-refractivity contribution in [2.24, 2.45) is 0 Å². The molecule has 0 spiro atoms. The van der Waals surface area contributed by atoms with Crippen LogP contribution in [0.1, 0.15) is 30.0 Å². The monoisotopic (exact) mass is 377 g/mol. The standard InChI is InChI=1S/C22H23N3O3/c26-10-8-21(27)25-13-19(28-20-7-3-4-9-23-20)17-12-14(25)11-16-15-5-1-2-6-18(15)24-22(16)17/h1-7,9,14,17,19,24,26H,8,10-13H2/t14-,17+,19-/m0/s1. The lowest BCUT2D eigenvalue weighted by atomic mass is 9.76. The average molecular weight is 377 g/mol. The van der Waals surface area contributed by atoms with Crippen LogP contribution in [-0.2, 0) is 11.2 Å². The maximum atomic E-state index is 12.7. The summed E-state index contributed by atoms with van der Waals surface area (Å²) in [5, 5.41) is 10.5. The van der Waals surface area contributed by atoms with Gasteiger partial charge in [-0.3, -0.25) is 4.79 Å². The van der Waals surface area contributed by atoms with Gasteiger partial charge in [-0.05, 0) is 30.5 Å². The van der Waals surface area contributed by atoms with E-state index in [0.717, 1.165) is 18.4 Å². The van der Waals surface area contributed by atoms with E-state index in [1.54, 1.807) is 6.20 Å². The number of para-hydroxylation sites is 1. The summed E-state index contributed by atoms with van der Waals surface area (Å²) in [6.45, 7) is 0.384. The fourth-order valence-corrected chi connectivity index (χ4v) is 4.77. The largest absolute Gasteiger partial charge is 0.472 e. The summed E-state index contributed by atoms with van der Waals surface area (Å²) in [6, 6.07) is 14.1. The lowest BCUT2D eigenvalue weighted by molar-refractivity contribution is -0.139. The third-order valence-electron chi connectivity index (χ3n) is 6.01. The Bertz CT molecular complexity index is 1000. The minimum absolute atomic E-state index is 0.0103. The molecule has 6 heteroatoms. The normalized spacial score (nSPS) is 23.5. The van der Waals surface area contributed by atoms with Crippen molar-refractivity contribution in [2.75, 3.05) is 13.2 Å². The van der Waals surface area contributed by atoms with Gasteiger partial charge in [-0.2, -0.15) is 0 Å². The number of pyridine rings is 1. The van der Waals surface area contributed by atoms with Crippen LogP contribution in [-0.4, -0.2) is 51.2 Å². The van der Waals surface area contributed by atoms with Crippen molar-refractivity contribution < 1.29 is 14.6 Å². The molecule has 1 aliphatic carbocycles. The van der Waals surface area contributed by atoms with Crippen LogP contribution >= 0.6 is 0 Å². The number of rotatable bonds is 4. The molecule has 0 unspecified atom stereocenters. The van der Waals surface area contributed by atoms with Crippen molar-refractivity contribution in [1.29, 1.82) is 0 Å². The molecule has 0 saturated carbocycles. The molecule has 2 aliphatic rings. The van der Waals surface area contributed by atoms with Gasteiger partial charge >= 0.3 is 0 Å². The number of aromatic amines is 1. The van der Waals surface area contributed by atoms with Crippen LogP contribution in [0.3, 0.4) is 0 Å². The first-order chi connectivity index (χ1) is 13.7. The summed E-state index contributed by atoms with van der Waals surface area (Å²) in [4.78, 5) is 22.5. The minimum atomic E-state index is -0.180. The van der Waals surface area contributed by atoms with Crippen molar-refractivity contribution in [3.63, 3.8) is 0 Å². The van der Waals surface area contributed by atoms with Gasteiger partial charge in [0.1, 0.15) is 6.10 Å². The molecular weight excluding hydrogens is 354 g/mol. The Morgan fingerprint density at radius 1 is 1.25 bits per heavy atom. The van der Waals surface area contributed by atoms with E-state index in [9.17, 15) is 9.90 Å². The van der Waals surface area contributed by atoms with Crippen LogP contribution in [0.25, 0.3) is 10.9 Å². The van der Waals surface area contributed by atoms with Gasteiger partial charge in [-0.15, -0.1) is 0 Å². The Morgan fingerprint density at radius 3 is 2.93 bits per heavy atom. The topological polar surface area (TPSA) is 78.4 Å². The fourth-order valence-electron chi connectivity index (χ4n) is 4.77. The molecule has 1 aromatic carbocycles. The van der Waals surface area contributed by atoms with Crippen LogP contribution in [0.15, 0.2) is 48.7 Å². The van der Waals surface area contributed by atoms with Gasteiger partial charge < -0.3 is 19.7 Å². The third kappa shape index (κ3) is 2.85. The first-order valence-corrected chi connectivity index (χ1v) is 9.82. The predicted octanol–water partition coefficient (Wildman–Crippen LogP) is 2.63. The highest BCUT2D eigenvalue weighted by atomic mass is 16.5. The molecular formula is C22H23N3O3. The van der Waals surface area contributed by atoms with E-state index in [4.69, 9.17) is 4.74 Å². The smallest absolute Gasteiger partial charge is 0.225 e. The number of piperidine rings is 1. The minimum Gasteiger partial charge on any atom is -0.472 e. The molecule has 3 aromatic rings. The first kappa shape index (κ1) is 17.3. The van der Waals surface area contributed by atoms with Crippen LogP contribution in [0.4, 0.5) is 0 Å². The molecule has 1 fully saturated rings. The number of nitrogens with one attached hydrogen (secondary N) is 1. The van der Waals surface area contributed by atoms with Gasteiger partial charge in [0.25, 0.3) is 0 Å². The lowest BCUT2D eigenvalue weighted by Gasteiger charge is -2.46. The maximum absolute atomic E-state index is 12.7. The molecule has 5 rings (SSSR count). The van der Waals surface area contributed by atoms with Gasteiger partial charge in [0, 0.05) is 47.2 Å². The van der Waals surface area contributed by atoms with Gasteiger partial charge in [0.15, 0.2) is 0 Å². The number of aliphatic hydroxyl groups is 1. The van der Waals surface area contributed by atoms with Crippen LogP contribution in [0.2, 0.25) is 0 Å². The lowest BCUT2D eigenvalue weighted by Crippen LogP contribution is -2.56. The number of hydrogen-bond acceptors (Lipinski definition) is 4. The second-order valence-electron chi connectivity index (χ2n) is 7.61. The highest BCUT2D eigenvalue weighted by Gasteiger charge is 2.45. The Labute approximate surface area is 163 Å². The van der Waals surface area contributed by atoms with Crippen molar-refractivity contribution in [3.8, 4) is 5.88 Å². The van der Waals surface area contributed by atoms with E-state index in [1.165, 1.54) is 16.6 Å². The van der Waals surface area contributed by atoms with Crippen LogP contribution < -0.4 is 4.74 Å². The van der Waals surface area contributed by atoms with E-state index in [0.29, 0.717) is 12.4 Å². The summed E-state index contributed by atoms with van der Waals surface area (Å²) in [6.07, 6.45) is 3.38. The molecule has 1 aliphatic heterocycles. The number of likely N-dealkylation sites (tertiary alicyclic amines) is 1. The summed E-state index contributed by atoms with van der Waals surface area (Å²) in [5.74, 6) is 0.744. The molecule has 2 N–H and O–H groups in total. The van der Waals surface area contributed by atoms with Gasteiger partial charge in [0.2, 0.25) is 11.8 Å². The average Bonchev–Trinajstić information content (AvgIpc) is 3.09. The van der Waals surface area contributed by atoms with E-state index in [-0.39, 0.29) is 37.0 Å². The second kappa shape index (κ2) is 6.95. The number of hydrogen-bond donors (Lipinski definition) is 2. The Morgan fingerprint density at radius 2 is 2.11 bits per heavy atom. The number of aliphatic hydroxyl groups excluding tert-OH is 1. The number of carbonyl (C=O) groups is 1. The van der Waals surface area contributed by atoms with Crippen LogP contribution in [0, 0.1) is 0 Å². The molecule has 3 atom stereocenters. The predicted molar refractivity (Wildman–Crippen MR) is 105 cm³/mol. The third-order valence-corrected chi connectivity index (χ3v) is 6.01. The number of aromatic nitrogens is 2. The van der Waals surface area contributed by atoms with E-state index in [1.807, 2.05) is 29.2 Å². The zero-order chi connectivity index (χ0) is 19.1. The SMILES string of the molecule is O=C(CCO)N1C[C@H](Oc2ccccn2)[C@H]2C[C@@H]1Cc1c2[nH]c2ccccc12. The number of ether oxygens (including phenoxy) is 1. The number of benzene rings is 1. The molecule has 28 heavy (non-hydrogen) atoms. The van der Waals surface area contributed by atoms with E-state index >= 15 is 0 Å². The quantitative estimate of drug-likeness (QED) is 0.733. The van der Waals surface area contributed by atoms with Crippen molar-refractivity contribution in [1.82, 2.24) is 14.9 Å².